The molecule has 0 aliphatic heterocycles. The highest BCUT2D eigenvalue weighted by Crippen LogP contribution is 2.57. The molecular formula is C12H21O4P. The molecule has 0 amide bonds. The fourth-order valence-corrected chi connectivity index (χ4v) is 3.05. The quantitative estimate of drug-likeness (QED) is 0.626. The molecule has 1 rings (SSSR count). The monoisotopic (exact) mass is 260 g/mol. The van der Waals surface area contributed by atoms with Gasteiger partial charge in [0.25, 0.3) is 0 Å². The average Bonchev–Trinajstić information content (AvgIpc) is 2.36. The molecule has 5 heteroatoms. The molecule has 0 heterocycles. The van der Waals surface area contributed by atoms with Crippen LogP contribution in [-0.4, -0.2) is 24.7 Å². The van der Waals surface area contributed by atoms with Crippen LogP contribution in [0.5, 0.6) is 0 Å². The first-order valence-electron chi connectivity index (χ1n) is 5.92. The van der Waals surface area contributed by atoms with Gasteiger partial charge in [-0.05, 0) is 19.8 Å². The Morgan fingerprint density at radius 3 is 2.24 bits per heavy atom. The molecule has 0 aromatic rings. The second-order valence-corrected chi connectivity index (χ2v) is 7.08. The second kappa shape index (κ2) is 6.02. The summed E-state index contributed by atoms with van der Waals surface area (Å²) in [6, 6.07) is 0. The second-order valence-electron chi connectivity index (χ2n) is 4.49. The molecule has 1 aliphatic carbocycles. The minimum absolute atomic E-state index is 0.289. The summed E-state index contributed by atoms with van der Waals surface area (Å²) in [4.78, 5) is 0. The van der Waals surface area contributed by atoms with Crippen molar-refractivity contribution in [1.29, 1.82) is 0 Å². The van der Waals surface area contributed by atoms with E-state index in [1.54, 1.807) is 0 Å². The van der Waals surface area contributed by atoms with Crippen molar-refractivity contribution in [2.45, 2.75) is 44.4 Å². The Hall–Kier alpha value is -0.330. The minimum atomic E-state index is -3.57. The zero-order valence-corrected chi connectivity index (χ0v) is 11.6. The lowest BCUT2D eigenvalue weighted by molar-refractivity contribution is 0.140. The van der Waals surface area contributed by atoms with Crippen molar-refractivity contribution in [3.05, 3.63) is 0 Å². The molecule has 0 unspecified atom stereocenters. The molecule has 98 valence electrons. The highest BCUT2D eigenvalue weighted by molar-refractivity contribution is 7.55. The molecule has 0 bridgehead atoms. The lowest BCUT2D eigenvalue weighted by Crippen LogP contribution is -2.24. The van der Waals surface area contributed by atoms with Gasteiger partial charge in [-0.25, -0.2) is 0 Å². The van der Waals surface area contributed by atoms with E-state index in [0.717, 1.165) is 12.8 Å². The van der Waals surface area contributed by atoms with Crippen LogP contribution >= 0.6 is 7.60 Å². The van der Waals surface area contributed by atoms with Crippen LogP contribution in [0.15, 0.2) is 0 Å². The molecular weight excluding hydrogens is 239 g/mol. The summed E-state index contributed by atoms with van der Waals surface area (Å²) in [6.07, 6.45) is 5.70. The van der Waals surface area contributed by atoms with Gasteiger partial charge in [-0.2, -0.15) is 0 Å². The molecule has 0 saturated heterocycles. The molecule has 1 N–H and O–H groups in total. The van der Waals surface area contributed by atoms with E-state index >= 15 is 0 Å². The lowest BCUT2D eigenvalue weighted by Gasteiger charge is -2.25. The zero-order valence-electron chi connectivity index (χ0n) is 10.7. The van der Waals surface area contributed by atoms with Crippen molar-refractivity contribution >= 4 is 7.60 Å². The van der Waals surface area contributed by atoms with Gasteiger partial charge in [-0.15, -0.1) is 0 Å². The van der Waals surface area contributed by atoms with Crippen LogP contribution in [0.25, 0.3) is 0 Å². The maximum absolute atomic E-state index is 12.0. The third-order valence-electron chi connectivity index (χ3n) is 3.13. The van der Waals surface area contributed by atoms with E-state index < -0.39 is 12.9 Å². The summed E-state index contributed by atoms with van der Waals surface area (Å²) in [5.41, 5.74) is 0. The lowest BCUT2D eigenvalue weighted by atomic mass is 9.90. The van der Waals surface area contributed by atoms with Crippen LogP contribution in [0, 0.1) is 17.8 Å². The largest absolute Gasteiger partial charge is 0.373 e. The van der Waals surface area contributed by atoms with E-state index in [4.69, 9.17) is 9.05 Å². The van der Waals surface area contributed by atoms with Gasteiger partial charge >= 0.3 is 7.60 Å². The predicted octanol–water partition coefficient (Wildman–Crippen LogP) is 2.76. The molecule has 17 heavy (non-hydrogen) atoms. The van der Waals surface area contributed by atoms with E-state index in [1.165, 1.54) is 40.4 Å². The van der Waals surface area contributed by atoms with Crippen molar-refractivity contribution in [3.8, 4) is 11.8 Å². The van der Waals surface area contributed by atoms with Crippen LogP contribution in [-0.2, 0) is 13.6 Å². The summed E-state index contributed by atoms with van der Waals surface area (Å²) >= 11 is 0. The highest BCUT2D eigenvalue weighted by Gasteiger charge is 2.43. The topological polar surface area (TPSA) is 55.8 Å². The van der Waals surface area contributed by atoms with Crippen molar-refractivity contribution in [2.24, 2.45) is 5.92 Å². The van der Waals surface area contributed by atoms with Crippen LogP contribution in [0.3, 0.4) is 0 Å². The maximum Gasteiger partial charge on any atom is 0.373 e. The first-order valence-corrected chi connectivity index (χ1v) is 7.46. The van der Waals surface area contributed by atoms with Crippen molar-refractivity contribution < 1.29 is 18.7 Å². The highest BCUT2D eigenvalue weighted by atomic mass is 31.2. The Morgan fingerprint density at radius 1 is 1.24 bits per heavy atom. The smallest absolute Gasteiger partial charge is 0.368 e. The van der Waals surface area contributed by atoms with Gasteiger partial charge in [0.2, 0.25) is 5.34 Å². The normalized spacial score (nSPS) is 21.4. The Morgan fingerprint density at radius 2 is 1.76 bits per heavy atom. The van der Waals surface area contributed by atoms with Gasteiger partial charge in [0, 0.05) is 20.1 Å². The summed E-state index contributed by atoms with van der Waals surface area (Å²) in [7, 11) is -1.07. The maximum atomic E-state index is 12.0. The first-order chi connectivity index (χ1) is 7.95. The summed E-state index contributed by atoms with van der Waals surface area (Å²) in [6.45, 7) is 1.37. The Kier molecular flexibility index (Phi) is 5.22. The Bertz CT molecular complexity index is 339. The van der Waals surface area contributed by atoms with Crippen LogP contribution in [0.4, 0.5) is 0 Å². The van der Waals surface area contributed by atoms with Gasteiger partial charge in [-0.3, -0.25) is 4.57 Å². The van der Waals surface area contributed by atoms with E-state index in [2.05, 4.69) is 11.8 Å². The fourth-order valence-electron chi connectivity index (χ4n) is 1.98. The first kappa shape index (κ1) is 14.7. The van der Waals surface area contributed by atoms with Gasteiger partial charge < -0.3 is 14.2 Å². The third-order valence-corrected chi connectivity index (χ3v) is 5.27. The molecule has 1 aliphatic rings. The van der Waals surface area contributed by atoms with E-state index in [9.17, 15) is 9.67 Å². The molecule has 0 aromatic carbocycles. The predicted molar refractivity (Wildman–Crippen MR) is 66.6 cm³/mol. The van der Waals surface area contributed by atoms with E-state index in [0.29, 0.717) is 0 Å². The summed E-state index contributed by atoms with van der Waals surface area (Å²) < 4.78 is 21.6. The van der Waals surface area contributed by atoms with E-state index in [-0.39, 0.29) is 5.92 Å². The Labute approximate surface area is 103 Å². The molecule has 1 fully saturated rings. The molecule has 0 spiro atoms. The van der Waals surface area contributed by atoms with Crippen LogP contribution in [0.2, 0.25) is 0 Å². The fraction of sp³-hybridized carbons (Fsp3) is 0.833. The average molecular weight is 260 g/mol. The Balaban J connectivity index is 2.77. The number of rotatable bonds is 3. The zero-order chi connectivity index (χ0) is 12.9. The molecule has 1 atom stereocenters. The summed E-state index contributed by atoms with van der Waals surface area (Å²) in [5.74, 6) is 5.96. The van der Waals surface area contributed by atoms with Crippen molar-refractivity contribution in [3.63, 3.8) is 0 Å². The SMILES string of the molecule is COP(=O)(OC)[C@@](C)(O)C#CC1CCCCC1. The molecule has 4 nitrogen and oxygen atoms in total. The number of hydrogen-bond acceptors (Lipinski definition) is 4. The molecule has 0 radical (unpaired) electrons. The van der Waals surface area contributed by atoms with Gasteiger partial charge in [-0.1, -0.05) is 31.1 Å². The van der Waals surface area contributed by atoms with Gasteiger partial charge in [0.15, 0.2) is 0 Å². The van der Waals surface area contributed by atoms with E-state index in [1.807, 2.05) is 0 Å². The van der Waals surface area contributed by atoms with Crippen molar-refractivity contribution in [2.75, 3.05) is 14.2 Å². The van der Waals surface area contributed by atoms with Gasteiger partial charge in [0.05, 0.1) is 0 Å². The minimum Gasteiger partial charge on any atom is -0.368 e. The van der Waals surface area contributed by atoms with Crippen LogP contribution < -0.4 is 0 Å². The standard InChI is InChI=1S/C12H21O4P/c1-12(13,17(14,15-2)16-3)10-9-11-7-5-4-6-8-11/h11,13H,4-8H2,1-3H3/t12-/m1/s1. The molecule has 1 saturated carbocycles. The number of hydrogen-bond donors (Lipinski definition) is 1. The van der Waals surface area contributed by atoms with Gasteiger partial charge in [0.1, 0.15) is 0 Å². The third kappa shape index (κ3) is 3.56. The molecule has 0 aromatic heterocycles. The van der Waals surface area contributed by atoms with Crippen LogP contribution in [0.1, 0.15) is 39.0 Å². The van der Waals surface area contributed by atoms with Crippen molar-refractivity contribution in [1.82, 2.24) is 0 Å². The number of aliphatic hydroxyl groups is 1. The summed E-state index contributed by atoms with van der Waals surface area (Å²) in [5, 5.41) is 8.34.